The number of nitrogens with one attached hydrogen (secondary N) is 2. The van der Waals surface area contributed by atoms with Crippen LogP contribution < -0.4 is 10.1 Å². The number of H-pyrrole nitrogens is 1. The average molecular weight is 574 g/mol. The number of ketones is 2. The molecule has 3 fully saturated rings. The fraction of sp³-hybridized carbons (Fsp3) is 0.571. The highest BCUT2D eigenvalue weighted by Crippen LogP contribution is 2.43. The number of benzene rings is 1. The van der Waals surface area contributed by atoms with Gasteiger partial charge in [0.25, 0.3) is 5.91 Å². The van der Waals surface area contributed by atoms with Crippen LogP contribution in [0.3, 0.4) is 0 Å². The van der Waals surface area contributed by atoms with E-state index in [0.29, 0.717) is 30.8 Å². The van der Waals surface area contributed by atoms with E-state index in [1.165, 1.54) is 0 Å². The van der Waals surface area contributed by atoms with Gasteiger partial charge in [-0.3, -0.25) is 23.7 Å². The number of Topliss-reactive ketones (excluding diaryl/α,β-unsaturated/α-hetero) is 2. The highest BCUT2D eigenvalue weighted by atomic mass is 31.2. The summed E-state index contributed by atoms with van der Waals surface area (Å²) in [6.07, 6.45) is 4.53. The third kappa shape index (κ3) is 5.87. The van der Waals surface area contributed by atoms with Gasteiger partial charge in [-0.15, -0.1) is 0 Å². The second-order valence-corrected chi connectivity index (χ2v) is 13.1. The van der Waals surface area contributed by atoms with E-state index >= 15 is 0 Å². The number of fused-ring (bicyclic) bond motifs is 2. The number of hydrogen-bond donors (Lipinski definition) is 3. The lowest BCUT2D eigenvalue weighted by Gasteiger charge is -2.29. The van der Waals surface area contributed by atoms with Crippen molar-refractivity contribution in [2.45, 2.75) is 57.0 Å². The minimum Gasteiger partial charge on any atom is -0.496 e. The summed E-state index contributed by atoms with van der Waals surface area (Å²) in [5.41, 5.74) is 1.09. The summed E-state index contributed by atoms with van der Waals surface area (Å²) in [6, 6.07) is 5.37. The first-order chi connectivity index (χ1) is 19.1. The van der Waals surface area contributed by atoms with Crippen LogP contribution in [0.25, 0.3) is 10.9 Å². The van der Waals surface area contributed by atoms with Crippen LogP contribution in [0.15, 0.2) is 24.3 Å². The zero-order valence-electron chi connectivity index (χ0n) is 22.8. The molecule has 2 aromatic rings. The number of aromatic nitrogens is 1. The quantitative estimate of drug-likeness (QED) is 0.367. The summed E-state index contributed by atoms with van der Waals surface area (Å²) in [5, 5.41) is 3.58. The Hall–Kier alpha value is -3.01. The predicted octanol–water partition coefficient (Wildman–Crippen LogP) is 3.06. The molecule has 12 heteroatoms. The van der Waals surface area contributed by atoms with Crippen LogP contribution in [-0.2, 0) is 23.5 Å². The molecule has 2 saturated carbocycles. The molecule has 2 aliphatic carbocycles. The molecule has 3 N–H and O–H groups in total. The molecule has 5 rings (SSSR count). The van der Waals surface area contributed by atoms with Crippen molar-refractivity contribution in [1.82, 2.24) is 15.2 Å². The zero-order chi connectivity index (χ0) is 28.6. The summed E-state index contributed by atoms with van der Waals surface area (Å²) in [7, 11) is -2.36. The molecular formula is C28H36N3O8P. The van der Waals surface area contributed by atoms with E-state index in [4.69, 9.17) is 9.26 Å². The van der Waals surface area contributed by atoms with Crippen LogP contribution in [0.4, 0.5) is 0 Å². The fourth-order valence-electron chi connectivity index (χ4n) is 6.66. The monoisotopic (exact) mass is 573 g/mol. The molecular weight excluding hydrogens is 537 g/mol. The third-order valence-electron chi connectivity index (χ3n) is 8.60. The van der Waals surface area contributed by atoms with Crippen molar-refractivity contribution in [2.75, 3.05) is 26.9 Å². The standard InChI is InChI=1S/C28H36N3O8P/c1-38-25-11-5-9-20-19(25)13-22(29-20)28(35)31-14-17-7-3-8-18(17)26(31)27(34)30-21(12-16-6-4-10-23(16)32)24(33)15-39-40(2,36)37/h5,9,11,13,16-18,21,26,29H,3-4,6-8,10,12,14-15H2,1-2H3,(H,30,34)(H,36,37). The van der Waals surface area contributed by atoms with Crippen molar-refractivity contribution in [3.05, 3.63) is 30.0 Å². The lowest BCUT2D eigenvalue weighted by atomic mass is 9.91. The Labute approximate surface area is 232 Å². The Morgan fingerprint density at radius 3 is 2.73 bits per heavy atom. The van der Waals surface area contributed by atoms with E-state index in [9.17, 15) is 28.6 Å². The van der Waals surface area contributed by atoms with Gasteiger partial charge in [-0.25, -0.2) is 0 Å². The number of ether oxygens (including phenoxy) is 1. The first-order valence-electron chi connectivity index (χ1n) is 13.8. The molecule has 40 heavy (non-hydrogen) atoms. The average Bonchev–Trinajstić information content (AvgIpc) is 3.69. The van der Waals surface area contributed by atoms with E-state index in [-0.39, 0.29) is 35.9 Å². The van der Waals surface area contributed by atoms with Crippen LogP contribution in [0.2, 0.25) is 0 Å². The largest absolute Gasteiger partial charge is 0.496 e. The van der Waals surface area contributed by atoms with Crippen molar-refractivity contribution >= 4 is 41.9 Å². The van der Waals surface area contributed by atoms with Crippen molar-refractivity contribution in [1.29, 1.82) is 0 Å². The summed E-state index contributed by atoms with van der Waals surface area (Å²) >= 11 is 0. The maximum absolute atomic E-state index is 13.9. The van der Waals surface area contributed by atoms with Gasteiger partial charge in [0.05, 0.1) is 13.2 Å². The van der Waals surface area contributed by atoms with Crippen LogP contribution in [0.1, 0.15) is 55.4 Å². The second kappa shape index (κ2) is 11.5. The molecule has 1 aliphatic heterocycles. The zero-order valence-corrected chi connectivity index (χ0v) is 23.7. The smallest absolute Gasteiger partial charge is 0.325 e. The van der Waals surface area contributed by atoms with Gasteiger partial charge in [0, 0.05) is 36.5 Å². The molecule has 6 unspecified atom stereocenters. The fourth-order valence-corrected chi connectivity index (χ4v) is 7.03. The molecule has 216 valence electrons. The molecule has 2 heterocycles. The molecule has 0 bridgehead atoms. The van der Waals surface area contributed by atoms with E-state index in [2.05, 4.69) is 10.3 Å². The minimum absolute atomic E-state index is 0.0408. The van der Waals surface area contributed by atoms with Crippen LogP contribution in [0, 0.1) is 17.8 Å². The Morgan fingerprint density at radius 1 is 1.23 bits per heavy atom. The first-order valence-corrected chi connectivity index (χ1v) is 15.9. The maximum atomic E-state index is 13.9. The summed E-state index contributed by atoms with van der Waals surface area (Å²) in [6.45, 7) is 0.753. The Morgan fingerprint density at radius 2 is 2.02 bits per heavy atom. The van der Waals surface area contributed by atoms with Gasteiger partial charge < -0.3 is 29.4 Å². The van der Waals surface area contributed by atoms with Crippen molar-refractivity contribution < 1.29 is 37.9 Å². The third-order valence-corrected chi connectivity index (χ3v) is 9.21. The lowest BCUT2D eigenvalue weighted by Crippen LogP contribution is -2.53. The molecule has 2 amide bonds. The SMILES string of the molecule is COc1cccc2[nH]c(C(=O)N3CC4CCCC4C3C(=O)NC(CC3CCCC3=O)C(=O)COP(C)(=O)O)cc12. The maximum Gasteiger partial charge on any atom is 0.325 e. The van der Waals surface area contributed by atoms with E-state index in [0.717, 1.165) is 43.3 Å². The van der Waals surface area contributed by atoms with Gasteiger partial charge >= 0.3 is 7.60 Å². The Kier molecular flexibility index (Phi) is 8.17. The summed E-state index contributed by atoms with van der Waals surface area (Å²) in [4.78, 5) is 67.3. The molecule has 0 radical (unpaired) electrons. The van der Waals surface area contributed by atoms with E-state index < -0.39 is 38.0 Å². The molecule has 1 aromatic heterocycles. The lowest BCUT2D eigenvalue weighted by molar-refractivity contribution is -0.132. The topological polar surface area (TPSA) is 155 Å². The number of aromatic amines is 1. The van der Waals surface area contributed by atoms with Crippen molar-refractivity contribution in [3.8, 4) is 5.75 Å². The number of likely N-dealkylation sites (tertiary alicyclic amines) is 1. The summed E-state index contributed by atoms with van der Waals surface area (Å²) in [5.74, 6) is -0.918. The highest BCUT2D eigenvalue weighted by molar-refractivity contribution is 7.51. The molecule has 1 aromatic carbocycles. The van der Waals surface area contributed by atoms with E-state index in [1.807, 2.05) is 18.2 Å². The van der Waals surface area contributed by atoms with Crippen molar-refractivity contribution in [2.24, 2.45) is 17.8 Å². The minimum atomic E-state index is -3.92. The van der Waals surface area contributed by atoms with Crippen molar-refractivity contribution in [3.63, 3.8) is 0 Å². The molecule has 1 saturated heterocycles. The second-order valence-electron chi connectivity index (χ2n) is 11.3. The number of carbonyl (C=O) groups excluding carboxylic acids is 4. The summed E-state index contributed by atoms with van der Waals surface area (Å²) < 4.78 is 21.9. The number of amides is 2. The van der Waals surface area contributed by atoms with Gasteiger partial charge in [0.1, 0.15) is 29.9 Å². The molecule has 6 atom stereocenters. The van der Waals surface area contributed by atoms with Gasteiger partial charge in [0.15, 0.2) is 5.78 Å². The van der Waals surface area contributed by atoms with Gasteiger partial charge in [0.2, 0.25) is 5.91 Å². The van der Waals surface area contributed by atoms with Crippen LogP contribution in [-0.4, -0.2) is 77.2 Å². The molecule has 3 aliphatic rings. The highest BCUT2D eigenvalue weighted by Gasteiger charge is 2.50. The van der Waals surface area contributed by atoms with Gasteiger partial charge in [-0.2, -0.15) is 0 Å². The number of rotatable bonds is 10. The van der Waals surface area contributed by atoms with Crippen LogP contribution >= 0.6 is 7.60 Å². The Balaban J connectivity index is 1.39. The number of methoxy groups -OCH3 is 1. The predicted molar refractivity (Wildman–Crippen MR) is 146 cm³/mol. The van der Waals surface area contributed by atoms with E-state index in [1.54, 1.807) is 18.1 Å². The Bertz CT molecular complexity index is 1370. The number of hydrogen-bond acceptors (Lipinski definition) is 7. The number of carbonyl (C=O) groups is 4. The van der Waals surface area contributed by atoms with Crippen LogP contribution in [0.5, 0.6) is 5.75 Å². The van der Waals surface area contributed by atoms with Gasteiger partial charge in [-0.1, -0.05) is 12.5 Å². The number of nitrogens with zero attached hydrogens (tertiary/aromatic N) is 1. The molecule has 0 spiro atoms. The van der Waals surface area contributed by atoms with Gasteiger partial charge in [-0.05, 0) is 62.1 Å². The normalized spacial score (nSPS) is 26.5. The molecule has 11 nitrogen and oxygen atoms in total. The first kappa shape index (κ1) is 28.5.